The Balaban J connectivity index is 2.27. The van der Waals surface area contributed by atoms with Gasteiger partial charge in [-0.25, -0.2) is 4.98 Å². The molecule has 106 valence electrons. The zero-order chi connectivity index (χ0) is 14.7. The van der Waals surface area contributed by atoms with Gasteiger partial charge in [-0.1, -0.05) is 18.5 Å². The Hall–Kier alpha value is -1.20. The molecule has 0 N–H and O–H groups in total. The van der Waals surface area contributed by atoms with Crippen molar-refractivity contribution in [3.05, 3.63) is 44.9 Å². The third kappa shape index (κ3) is 3.10. The highest BCUT2D eigenvalue weighted by Crippen LogP contribution is 2.23. The first-order valence-corrected chi connectivity index (χ1v) is 7.62. The monoisotopic (exact) mass is 355 g/mol. The van der Waals surface area contributed by atoms with Gasteiger partial charge in [-0.2, -0.15) is 5.10 Å². The van der Waals surface area contributed by atoms with Gasteiger partial charge in [-0.15, -0.1) is 0 Å². The van der Waals surface area contributed by atoms with Crippen molar-refractivity contribution in [1.29, 1.82) is 0 Å². The van der Waals surface area contributed by atoms with Crippen LogP contribution in [0.4, 0.5) is 0 Å². The fourth-order valence-corrected chi connectivity index (χ4v) is 2.80. The van der Waals surface area contributed by atoms with E-state index in [-0.39, 0.29) is 5.78 Å². The maximum atomic E-state index is 12.3. The number of rotatable bonds is 5. The lowest BCUT2D eigenvalue weighted by Crippen LogP contribution is -2.10. The molecule has 20 heavy (non-hydrogen) atoms. The van der Waals surface area contributed by atoms with Gasteiger partial charge in [0.05, 0.1) is 22.3 Å². The minimum atomic E-state index is 0.00659. The molecule has 0 saturated heterocycles. The van der Waals surface area contributed by atoms with Crippen LogP contribution in [-0.4, -0.2) is 20.5 Å². The molecule has 0 aromatic carbocycles. The van der Waals surface area contributed by atoms with Crippen LogP contribution in [0.5, 0.6) is 0 Å². The van der Waals surface area contributed by atoms with E-state index in [1.807, 2.05) is 18.5 Å². The quantitative estimate of drug-likeness (QED) is 0.606. The van der Waals surface area contributed by atoms with E-state index in [2.05, 4.69) is 26.0 Å². The van der Waals surface area contributed by atoms with Gasteiger partial charge < -0.3 is 0 Å². The summed E-state index contributed by atoms with van der Waals surface area (Å²) >= 11 is 9.27. The van der Waals surface area contributed by atoms with E-state index in [4.69, 9.17) is 11.6 Å². The summed E-state index contributed by atoms with van der Waals surface area (Å²) in [5.41, 5.74) is 2.44. The van der Waals surface area contributed by atoms with Gasteiger partial charge in [0.1, 0.15) is 5.15 Å². The normalized spacial score (nSPS) is 10.8. The Bertz CT molecular complexity index is 622. The number of hydrogen-bond acceptors (Lipinski definition) is 3. The van der Waals surface area contributed by atoms with Gasteiger partial charge in [0, 0.05) is 18.3 Å². The number of aryl methyl sites for hydroxylation is 2. The molecule has 0 saturated carbocycles. The second kappa shape index (κ2) is 6.50. The average molecular weight is 357 g/mol. The number of ketones is 1. The van der Waals surface area contributed by atoms with Gasteiger partial charge >= 0.3 is 0 Å². The Morgan fingerprint density at radius 3 is 2.70 bits per heavy atom. The molecule has 2 aromatic heterocycles. The summed E-state index contributed by atoms with van der Waals surface area (Å²) in [6, 6.07) is 3.32. The Kier molecular flexibility index (Phi) is 4.94. The molecule has 0 atom stereocenters. The van der Waals surface area contributed by atoms with Crippen LogP contribution in [0, 0.1) is 0 Å². The van der Waals surface area contributed by atoms with E-state index in [1.165, 1.54) is 6.20 Å². The fraction of sp³-hybridized carbons (Fsp3) is 0.357. The number of pyridine rings is 1. The van der Waals surface area contributed by atoms with Crippen molar-refractivity contribution in [3.63, 3.8) is 0 Å². The molecule has 6 heteroatoms. The van der Waals surface area contributed by atoms with Crippen LogP contribution in [0.3, 0.4) is 0 Å². The Labute approximate surface area is 131 Å². The molecule has 0 bridgehead atoms. The summed E-state index contributed by atoms with van der Waals surface area (Å²) in [6.45, 7) is 4.79. The van der Waals surface area contributed by atoms with Crippen LogP contribution >= 0.6 is 27.5 Å². The van der Waals surface area contributed by atoms with E-state index in [0.29, 0.717) is 17.1 Å². The lowest BCUT2D eigenvalue weighted by Gasteiger charge is -2.05. The predicted molar refractivity (Wildman–Crippen MR) is 82.3 cm³/mol. The molecular weight excluding hydrogens is 342 g/mol. The van der Waals surface area contributed by atoms with Crippen molar-refractivity contribution < 1.29 is 4.79 Å². The van der Waals surface area contributed by atoms with Crippen molar-refractivity contribution in [2.75, 3.05) is 0 Å². The van der Waals surface area contributed by atoms with Crippen molar-refractivity contribution in [1.82, 2.24) is 14.8 Å². The zero-order valence-corrected chi connectivity index (χ0v) is 13.7. The average Bonchev–Trinajstić information content (AvgIpc) is 2.76. The number of carbonyl (C=O) groups is 1. The summed E-state index contributed by atoms with van der Waals surface area (Å²) < 4.78 is 2.79. The lowest BCUT2D eigenvalue weighted by molar-refractivity contribution is 0.0990. The predicted octanol–water partition coefficient (Wildman–Crippen LogP) is 3.70. The highest BCUT2D eigenvalue weighted by atomic mass is 79.9. The number of nitrogens with zero attached hydrogens (tertiary/aromatic N) is 3. The molecule has 2 heterocycles. The van der Waals surface area contributed by atoms with Crippen LogP contribution in [0.15, 0.2) is 22.8 Å². The van der Waals surface area contributed by atoms with Gasteiger partial charge in [0.15, 0.2) is 5.78 Å². The topological polar surface area (TPSA) is 47.8 Å². The van der Waals surface area contributed by atoms with Gasteiger partial charge in [-0.3, -0.25) is 9.48 Å². The van der Waals surface area contributed by atoms with Crippen LogP contribution in [0.1, 0.15) is 35.6 Å². The van der Waals surface area contributed by atoms with Crippen LogP contribution in [0.2, 0.25) is 5.15 Å². The number of halogens is 2. The first-order chi connectivity index (χ1) is 9.56. The van der Waals surface area contributed by atoms with E-state index in [9.17, 15) is 4.79 Å². The maximum Gasteiger partial charge on any atom is 0.170 e. The molecule has 2 rings (SSSR count). The van der Waals surface area contributed by atoms with E-state index in [1.54, 1.807) is 12.1 Å². The number of aromatic nitrogens is 3. The summed E-state index contributed by atoms with van der Waals surface area (Å²) in [5, 5.41) is 4.87. The largest absolute Gasteiger partial charge is 0.294 e. The zero-order valence-electron chi connectivity index (χ0n) is 11.4. The van der Waals surface area contributed by atoms with E-state index in [0.717, 1.165) is 28.8 Å². The van der Waals surface area contributed by atoms with Crippen molar-refractivity contribution in [2.24, 2.45) is 0 Å². The van der Waals surface area contributed by atoms with Crippen molar-refractivity contribution in [2.45, 2.75) is 33.2 Å². The first kappa shape index (κ1) is 15.2. The van der Waals surface area contributed by atoms with Crippen molar-refractivity contribution in [3.8, 4) is 0 Å². The Morgan fingerprint density at radius 1 is 1.40 bits per heavy atom. The molecule has 0 fully saturated rings. The minimum absolute atomic E-state index is 0.00659. The minimum Gasteiger partial charge on any atom is -0.294 e. The van der Waals surface area contributed by atoms with Gasteiger partial charge in [-0.05, 0) is 41.4 Å². The third-order valence-corrected chi connectivity index (χ3v) is 4.21. The second-order valence-electron chi connectivity index (χ2n) is 4.35. The van der Waals surface area contributed by atoms with E-state index < -0.39 is 0 Å². The standard InChI is InChI=1S/C14H15BrClN3O/c1-3-10-14(15)11(19(4-2)18-10)7-12(20)9-5-6-13(16)17-8-9/h5-6,8H,3-4,7H2,1-2H3. The highest BCUT2D eigenvalue weighted by Gasteiger charge is 2.17. The van der Waals surface area contributed by atoms with Gasteiger partial charge in [0.25, 0.3) is 0 Å². The molecule has 0 unspecified atom stereocenters. The number of Topliss-reactive ketones (excluding diaryl/α,β-unsaturated/α-hetero) is 1. The van der Waals surface area contributed by atoms with E-state index >= 15 is 0 Å². The summed E-state index contributed by atoms with van der Waals surface area (Å²) in [7, 11) is 0. The molecular formula is C14H15BrClN3O. The molecule has 2 aromatic rings. The summed E-state index contributed by atoms with van der Waals surface area (Å²) in [4.78, 5) is 16.2. The molecule has 0 spiro atoms. The molecule has 0 aliphatic rings. The van der Waals surface area contributed by atoms with Crippen LogP contribution in [0.25, 0.3) is 0 Å². The molecule has 4 nitrogen and oxygen atoms in total. The van der Waals surface area contributed by atoms with Crippen molar-refractivity contribution >= 4 is 33.3 Å². The van der Waals surface area contributed by atoms with Gasteiger partial charge in [0.2, 0.25) is 0 Å². The lowest BCUT2D eigenvalue weighted by atomic mass is 10.1. The number of hydrogen-bond donors (Lipinski definition) is 0. The first-order valence-electron chi connectivity index (χ1n) is 6.45. The number of carbonyl (C=O) groups excluding carboxylic acids is 1. The summed E-state index contributed by atoms with van der Waals surface area (Å²) in [5.74, 6) is 0.00659. The molecule has 0 amide bonds. The van der Waals surface area contributed by atoms with Crippen LogP contribution < -0.4 is 0 Å². The molecule has 0 aliphatic carbocycles. The summed E-state index contributed by atoms with van der Waals surface area (Å²) in [6.07, 6.45) is 2.63. The van der Waals surface area contributed by atoms with Crippen LogP contribution in [-0.2, 0) is 19.4 Å². The SMILES string of the molecule is CCc1nn(CC)c(CC(=O)c2ccc(Cl)nc2)c1Br. The molecule has 0 aliphatic heterocycles. The molecule has 0 radical (unpaired) electrons. The second-order valence-corrected chi connectivity index (χ2v) is 5.53. The third-order valence-electron chi connectivity index (χ3n) is 3.07. The smallest absolute Gasteiger partial charge is 0.170 e. The fourth-order valence-electron chi connectivity index (χ4n) is 1.98. The Morgan fingerprint density at radius 2 is 2.15 bits per heavy atom. The highest BCUT2D eigenvalue weighted by molar-refractivity contribution is 9.10. The maximum absolute atomic E-state index is 12.3.